The molecule has 32 heavy (non-hydrogen) atoms. The van der Waals surface area contributed by atoms with Crippen molar-refractivity contribution in [2.45, 2.75) is 63.6 Å². The molecule has 1 aromatic carbocycles. The first-order valence-corrected chi connectivity index (χ1v) is 10.6. The van der Waals surface area contributed by atoms with Gasteiger partial charge in [-0.3, -0.25) is 9.63 Å². The van der Waals surface area contributed by atoms with Gasteiger partial charge in [-0.05, 0) is 35.6 Å². The lowest BCUT2D eigenvalue weighted by molar-refractivity contribution is -0.139. The molecular weight excluding hydrogens is 417 g/mol. The van der Waals surface area contributed by atoms with Crippen LogP contribution in [0, 0.1) is 5.82 Å². The van der Waals surface area contributed by atoms with E-state index >= 15 is 0 Å². The Labute approximate surface area is 186 Å². The van der Waals surface area contributed by atoms with Gasteiger partial charge in [0.05, 0.1) is 37.1 Å². The highest BCUT2D eigenvalue weighted by Crippen LogP contribution is 2.50. The Morgan fingerprint density at radius 3 is 2.56 bits per heavy atom. The number of halogens is 1. The van der Waals surface area contributed by atoms with Crippen molar-refractivity contribution >= 4 is 11.9 Å². The molecule has 9 heteroatoms. The van der Waals surface area contributed by atoms with E-state index in [0.717, 1.165) is 11.3 Å². The maximum atomic E-state index is 14.3. The molecule has 0 radical (unpaired) electrons. The second-order valence-corrected chi connectivity index (χ2v) is 8.61. The number of hydrogen-bond acceptors (Lipinski definition) is 7. The van der Waals surface area contributed by atoms with Crippen LogP contribution in [0.3, 0.4) is 0 Å². The van der Waals surface area contributed by atoms with Crippen LogP contribution < -0.4 is 5.06 Å². The van der Waals surface area contributed by atoms with Crippen LogP contribution in [0.4, 0.5) is 10.3 Å². The molecule has 0 amide bonds. The lowest BCUT2D eigenvalue weighted by Crippen LogP contribution is -2.32. The van der Waals surface area contributed by atoms with Crippen molar-refractivity contribution in [2.75, 3.05) is 19.2 Å². The molecule has 1 aliphatic carbocycles. The highest BCUT2D eigenvalue weighted by atomic mass is 19.1. The van der Waals surface area contributed by atoms with Crippen LogP contribution in [0.15, 0.2) is 18.2 Å². The van der Waals surface area contributed by atoms with Crippen molar-refractivity contribution in [3.05, 3.63) is 40.8 Å². The summed E-state index contributed by atoms with van der Waals surface area (Å²) in [4.78, 5) is 25.6. The third-order valence-corrected chi connectivity index (χ3v) is 6.03. The summed E-state index contributed by atoms with van der Waals surface area (Å²) in [5.74, 6) is -2.06. The predicted molar refractivity (Wildman–Crippen MR) is 117 cm³/mol. The summed E-state index contributed by atoms with van der Waals surface area (Å²) >= 11 is 0. The van der Waals surface area contributed by atoms with E-state index in [1.54, 1.807) is 13.1 Å². The smallest absolute Gasteiger partial charge is 0.305 e. The van der Waals surface area contributed by atoms with Crippen molar-refractivity contribution in [1.82, 2.24) is 9.97 Å². The predicted octanol–water partition coefficient (Wildman–Crippen LogP) is 3.19. The first kappa shape index (κ1) is 24.0. The van der Waals surface area contributed by atoms with Gasteiger partial charge in [0.1, 0.15) is 5.82 Å². The largest absolute Gasteiger partial charge is 0.481 e. The number of carboxylic acid groups (broad SMARTS) is 1. The van der Waals surface area contributed by atoms with Gasteiger partial charge in [-0.15, -0.1) is 0 Å². The van der Waals surface area contributed by atoms with E-state index in [9.17, 15) is 19.4 Å². The van der Waals surface area contributed by atoms with Crippen LogP contribution in [0.5, 0.6) is 0 Å². The zero-order chi connectivity index (χ0) is 23.7. The molecule has 3 rings (SSSR count). The normalized spacial score (nSPS) is 19.3. The number of anilines is 1. The summed E-state index contributed by atoms with van der Waals surface area (Å²) < 4.78 is 14.3. The summed E-state index contributed by atoms with van der Waals surface area (Å²) in [6.07, 6.45) is -2.92. The Hall–Kier alpha value is -2.62. The van der Waals surface area contributed by atoms with Gasteiger partial charge in [-0.1, -0.05) is 20.8 Å². The van der Waals surface area contributed by atoms with E-state index < -0.39 is 36.3 Å². The third-order valence-electron chi connectivity index (χ3n) is 6.03. The van der Waals surface area contributed by atoms with Gasteiger partial charge in [0.15, 0.2) is 0 Å². The Balaban J connectivity index is 2.18. The van der Waals surface area contributed by atoms with Gasteiger partial charge >= 0.3 is 5.97 Å². The number of carboxylic acids is 1. The Morgan fingerprint density at radius 1 is 1.28 bits per heavy atom. The van der Waals surface area contributed by atoms with Crippen molar-refractivity contribution in [3.63, 3.8) is 0 Å². The first-order chi connectivity index (χ1) is 15.0. The van der Waals surface area contributed by atoms with Crippen LogP contribution in [-0.2, 0) is 9.63 Å². The number of rotatable bonds is 8. The first-order valence-electron chi connectivity index (χ1n) is 10.6. The minimum atomic E-state index is -1.22. The van der Waals surface area contributed by atoms with Crippen molar-refractivity contribution in [1.29, 1.82) is 0 Å². The quantitative estimate of drug-likeness (QED) is 0.529. The second kappa shape index (κ2) is 9.48. The number of fused-ring (bicyclic) bond motifs is 3. The molecule has 0 bridgehead atoms. The maximum Gasteiger partial charge on any atom is 0.305 e. The molecular formula is C23H30FN3O5. The highest BCUT2D eigenvalue weighted by Gasteiger charge is 2.40. The number of aromatic nitrogens is 2. The van der Waals surface area contributed by atoms with Crippen molar-refractivity contribution in [2.24, 2.45) is 0 Å². The molecule has 3 N–H and O–H groups in total. The Morgan fingerprint density at radius 2 is 1.97 bits per heavy atom. The van der Waals surface area contributed by atoms with Crippen LogP contribution in [0.25, 0.3) is 11.3 Å². The minimum absolute atomic E-state index is 0.0376. The molecule has 2 aromatic rings. The number of aliphatic hydroxyl groups excluding tert-OH is 2. The van der Waals surface area contributed by atoms with E-state index in [1.807, 2.05) is 20.8 Å². The van der Waals surface area contributed by atoms with Crippen LogP contribution in [0.2, 0.25) is 0 Å². The summed E-state index contributed by atoms with van der Waals surface area (Å²) in [5, 5.41) is 31.6. The van der Waals surface area contributed by atoms with Gasteiger partial charge in [-0.25, -0.2) is 19.4 Å². The average molecular weight is 448 g/mol. The molecule has 1 heterocycles. The number of aliphatic carboxylic acids is 1. The van der Waals surface area contributed by atoms with Gasteiger partial charge in [0, 0.05) is 30.5 Å². The molecule has 174 valence electrons. The third kappa shape index (κ3) is 4.60. The molecule has 1 unspecified atom stereocenters. The van der Waals surface area contributed by atoms with E-state index in [1.165, 1.54) is 24.3 Å². The second-order valence-electron chi connectivity index (χ2n) is 8.61. The fraction of sp³-hybridized carbons (Fsp3) is 0.522. The molecule has 0 saturated carbocycles. The van der Waals surface area contributed by atoms with E-state index in [-0.39, 0.29) is 18.3 Å². The summed E-state index contributed by atoms with van der Waals surface area (Å²) in [5.41, 5.74) is 3.54. The number of nitrogens with zero attached hydrogens (tertiary/aromatic N) is 3. The van der Waals surface area contributed by atoms with Gasteiger partial charge in [-0.2, -0.15) is 0 Å². The highest BCUT2D eigenvalue weighted by molar-refractivity contribution is 5.74. The maximum absolute atomic E-state index is 14.3. The molecule has 4 atom stereocenters. The average Bonchev–Trinajstić information content (AvgIpc) is 2.71. The molecule has 8 nitrogen and oxygen atoms in total. The SMILES string of the molecule is CON(C)c1nc2c(c(C(C)C)n1)C(C)[C@H]([C@@H](O)C[C@@H](O)CC(=O)O)c1cc(F)ccc1-2. The van der Waals surface area contributed by atoms with E-state index in [0.29, 0.717) is 22.8 Å². The summed E-state index contributed by atoms with van der Waals surface area (Å²) in [6.45, 7) is 5.93. The topological polar surface area (TPSA) is 116 Å². The lowest BCUT2D eigenvalue weighted by atomic mass is 9.69. The molecule has 1 aromatic heterocycles. The number of hydroxylamine groups is 1. The van der Waals surface area contributed by atoms with E-state index in [4.69, 9.17) is 19.9 Å². The van der Waals surface area contributed by atoms with Crippen LogP contribution in [0.1, 0.15) is 68.2 Å². The fourth-order valence-corrected chi connectivity index (χ4v) is 4.52. The zero-order valence-electron chi connectivity index (χ0n) is 18.9. The number of hydrogen-bond donors (Lipinski definition) is 3. The molecule has 1 aliphatic rings. The summed E-state index contributed by atoms with van der Waals surface area (Å²) in [6, 6.07) is 4.36. The molecule has 0 saturated heterocycles. The number of aliphatic hydroxyl groups is 2. The number of carbonyl (C=O) groups is 1. The van der Waals surface area contributed by atoms with Crippen molar-refractivity contribution < 1.29 is 29.3 Å². The number of benzene rings is 1. The van der Waals surface area contributed by atoms with Gasteiger partial charge in [0.2, 0.25) is 5.95 Å². The van der Waals surface area contributed by atoms with Gasteiger partial charge in [0.25, 0.3) is 0 Å². The standard InChI is InChI=1S/C23H30FN3O5/c1-11(2)21-20-12(3)19(17(29)9-14(28)10-18(30)31)16-8-13(24)6-7-15(16)22(20)26-23(25-21)27(4)32-5/h6-8,11-12,14,17,19,28-29H,9-10H2,1-5H3,(H,30,31)/t12?,14-,17+,19+/m1/s1. The van der Waals surface area contributed by atoms with Crippen LogP contribution >= 0.6 is 0 Å². The molecule has 0 aliphatic heterocycles. The zero-order valence-corrected chi connectivity index (χ0v) is 18.9. The van der Waals surface area contributed by atoms with Crippen molar-refractivity contribution in [3.8, 4) is 11.3 Å². The minimum Gasteiger partial charge on any atom is -0.481 e. The van der Waals surface area contributed by atoms with Crippen LogP contribution in [-0.4, -0.2) is 57.6 Å². The monoisotopic (exact) mass is 447 g/mol. The fourth-order valence-electron chi connectivity index (χ4n) is 4.52. The lowest BCUT2D eigenvalue weighted by Gasteiger charge is -2.38. The van der Waals surface area contributed by atoms with E-state index in [2.05, 4.69) is 0 Å². The Kier molecular flexibility index (Phi) is 7.12. The molecule has 0 spiro atoms. The van der Waals surface area contributed by atoms with Gasteiger partial charge < -0.3 is 15.3 Å². The Bertz CT molecular complexity index is 1000. The summed E-state index contributed by atoms with van der Waals surface area (Å²) in [7, 11) is 3.21. The molecule has 0 fully saturated rings.